The third kappa shape index (κ3) is 5.48. The summed E-state index contributed by atoms with van der Waals surface area (Å²) in [7, 11) is 1.68. The van der Waals surface area contributed by atoms with Crippen molar-refractivity contribution >= 4 is 28.5 Å². The van der Waals surface area contributed by atoms with E-state index in [0.717, 1.165) is 55.1 Å². The highest BCUT2D eigenvalue weighted by Crippen LogP contribution is 2.26. The largest absolute Gasteiger partial charge is 0.375 e. The van der Waals surface area contributed by atoms with Crippen LogP contribution in [-0.4, -0.2) is 64.2 Å². The number of pyridine rings is 2. The topological polar surface area (TPSA) is 100 Å². The van der Waals surface area contributed by atoms with Crippen LogP contribution in [0.25, 0.3) is 10.9 Å². The van der Waals surface area contributed by atoms with Crippen molar-refractivity contribution in [2.75, 3.05) is 43.9 Å². The van der Waals surface area contributed by atoms with Gasteiger partial charge in [0.25, 0.3) is 0 Å². The van der Waals surface area contributed by atoms with Gasteiger partial charge in [-0.15, -0.1) is 0 Å². The lowest BCUT2D eigenvalue weighted by Gasteiger charge is -2.27. The summed E-state index contributed by atoms with van der Waals surface area (Å²) < 4.78 is 5.45. The predicted molar refractivity (Wildman–Crippen MR) is 127 cm³/mol. The van der Waals surface area contributed by atoms with E-state index >= 15 is 0 Å². The monoisotopic (exact) mass is 436 g/mol. The Morgan fingerprint density at radius 2 is 1.91 bits per heavy atom. The molecule has 0 aliphatic carbocycles. The van der Waals surface area contributed by atoms with Crippen LogP contribution in [0.1, 0.15) is 38.1 Å². The van der Waals surface area contributed by atoms with Gasteiger partial charge < -0.3 is 20.7 Å². The van der Waals surface area contributed by atoms with E-state index in [1.165, 1.54) is 5.56 Å². The lowest BCUT2D eigenvalue weighted by Crippen LogP contribution is -2.42. The van der Waals surface area contributed by atoms with Crippen molar-refractivity contribution < 1.29 is 4.74 Å². The molecule has 9 heteroatoms. The molecule has 1 aliphatic heterocycles. The summed E-state index contributed by atoms with van der Waals surface area (Å²) >= 11 is 0. The van der Waals surface area contributed by atoms with Gasteiger partial charge in [0.2, 0.25) is 5.95 Å². The van der Waals surface area contributed by atoms with E-state index in [9.17, 15) is 0 Å². The summed E-state index contributed by atoms with van der Waals surface area (Å²) in [5.41, 5.74) is 2.80. The Hall–Kier alpha value is -2.88. The second-order valence-electron chi connectivity index (χ2n) is 8.41. The maximum atomic E-state index is 5.45. The first-order valence-electron chi connectivity index (χ1n) is 11.1. The van der Waals surface area contributed by atoms with Crippen LogP contribution in [0.15, 0.2) is 30.6 Å². The molecular formula is C23H32N8O. The molecule has 1 fully saturated rings. The van der Waals surface area contributed by atoms with Gasteiger partial charge in [-0.25, -0.2) is 19.9 Å². The molecule has 3 aromatic heterocycles. The third-order valence-electron chi connectivity index (χ3n) is 5.46. The Morgan fingerprint density at radius 1 is 1.09 bits per heavy atom. The number of fused-ring (bicyclic) bond motifs is 1. The molecule has 170 valence electrons. The molecule has 1 saturated heterocycles. The number of methoxy groups -OCH3 is 1. The summed E-state index contributed by atoms with van der Waals surface area (Å²) in [5.74, 6) is 1.92. The van der Waals surface area contributed by atoms with Crippen LogP contribution in [0.3, 0.4) is 0 Å². The first kappa shape index (κ1) is 22.3. The summed E-state index contributed by atoms with van der Waals surface area (Å²) in [4.78, 5) is 21.0. The van der Waals surface area contributed by atoms with E-state index in [-0.39, 0.29) is 12.1 Å². The van der Waals surface area contributed by atoms with Crippen LogP contribution in [0.4, 0.5) is 17.6 Å². The van der Waals surface area contributed by atoms with Crippen molar-refractivity contribution in [1.29, 1.82) is 0 Å². The standard InChI is InChI=1S/C23H32N8O/c1-15(2)27-22-21-18(11-19(28-22)16(3)32-4)13-26-23(30-21)29-20-6-5-17(12-25-20)14-31-9-7-24-8-10-31/h5-6,11-13,15-16,24H,7-10,14H2,1-4H3,(H,27,28)(H,25,26,29,30)/t16-/m1/s1. The van der Waals surface area contributed by atoms with Crippen LogP contribution in [0.2, 0.25) is 0 Å². The molecule has 0 unspecified atom stereocenters. The second kappa shape index (κ2) is 10.2. The molecule has 0 aromatic carbocycles. The number of ether oxygens (including phenoxy) is 1. The Kier molecular flexibility index (Phi) is 7.09. The van der Waals surface area contributed by atoms with Crippen molar-refractivity contribution in [2.24, 2.45) is 0 Å². The minimum Gasteiger partial charge on any atom is -0.375 e. The zero-order valence-corrected chi connectivity index (χ0v) is 19.2. The van der Waals surface area contributed by atoms with E-state index in [1.54, 1.807) is 7.11 Å². The van der Waals surface area contributed by atoms with Crippen molar-refractivity contribution in [3.63, 3.8) is 0 Å². The number of nitrogens with one attached hydrogen (secondary N) is 3. The van der Waals surface area contributed by atoms with Crippen molar-refractivity contribution in [1.82, 2.24) is 30.2 Å². The van der Waals surface area contributed by atoms with Gasteiger partial charge in [0.15, 0.2) is 5.82 Å². The average molecular weight is 437 g/mol. The van der Waals surface area contributed by atoms with E-state index in [0.29, 0.717) is 11.8 Å². The fourth-order valence-corrected chi connectivity index (χ4v) is 3.66. The zero-order chi connectivity index (χ0) is 22.5. The lowest BCUT2D eigenvalue weighted by molar-refractivity contribution is 0.116. The molecule has 4 rings (SSSR count). The average Bonchev–Trinajstić information content (AvgIpc) is 2.80. The van der Waals surface area contributed by atoms with Crippen molar-refractivity contribution in [3.8, 4) is 0 Å². The zero-order valence-electron chi connectivity index (χ0n) is 19.2. The van der Waals surface area contributed by atoms with Crippen LogP contribution < -0.4 is 16.0 Å². The molecule has 1 atom stereocenters. The number of anilines is 3. The number of nitrogens with zero attached hydrogens (tertiary/aromatic N) is 5. The van der Waals surface area contributed by atoms with E-state index in [2.05, 4.69) is 50.7 Å². The number of hydrogen-bond acceptors (Lipinski definition) is 9. The molecule has 1 aliphatic rings. The Labute approximate surface area is 189 Å². The van der Waals surface area contributed by atoms with E-state index in [1.807, 2.05) is 31.5 Å². The summed E-state index contributed by atoms with van der Waals surface area (Å²) in [6.07, 6.45) is 3.61. The summed E-state index contributed by atoms with van der Waals surface area (Å²) in [6.45, 7) is 11.3. The molecule has 0 radical (unpaired) electrons. The van der Waals surface area contributed by atoms with Crippen molar-refractivity contribution in [2.45, 2.75) is 39.5 Å². The molecule has 9 nitrogen and oxygen atoms in total. The number of aromatic nitrogens is 4. The predicted octanol–water partition coefficient (Wildman–Crippen LogP) is 3.10. The molecule has 3 N–H and O–H groups in total. The number of hydrogen-bond donors (Lipinski definition) is 3. The summed E-state index contributed by atoms with van der Waals surface area (Å²) in [5, 5.41) is 10.9. The SMILES string of the molecule is CO[C@H](C)c1cc2cnc(Nc3ccc(CN4CCNCC4)cn3)nc2c(NC(C)C)n1. The Morgan fingerprint density at radius 3 is 2.59 bits per heavy atom. The highest BCUT2D eigenvalue weighted by Gasteiger charge is 2.15. The molecular weight excluding hydrogens is 404 g/mol. The number of piperazine rings is 1. The first-order valence-corrected chi connectivity index (χ1v) is 11.1. The molecule has 0 bridgehead atoms. The third-order valence-corrected chi connectivity index (χ3v) is 5.46. The quantitative estimate of drug-likeness (QED) is 0.492. The highest BCUT2D eigenvalue weighted by molar-refractivity contribution is 5.89. The van der Waals surface area contributed by atoms with E-state index in [4.69, 9.17) is 14.7 Å². The Balaban J connectivity index is 1.53. The van der Waals surface area contributed by atoms with Gasteiger partial charge in [-0.1, -0.05) is 6.07 Å². The smallest absolute Gasteiger partial charge is 0.229 e. The molecule has 4 heterocycles. The molecule has 0 amide bonds. The molecule has 0 spiro atoms. The van der Waals surface area contributed by atoms with Crippen LogP contribution in [-0.2, 0) is 11.3 Å². The Bertz CT molecular complexity index is 1030. The van der Waals surface area contributed by atoms with Gasteiger partial charge in [0, 0.05) is 63.7 Å². The van der Waals surface area contributed by atoms with Gasteiger partial charge in [0.1, 0.15) is 11.3 Å². The molecule has 32 heavy (non-hydrogen) atoms. The fourth-order valence-electron chi connectivity index (χ4n) is 3.66. The lowest BCUT2D eigenvalue weighted by atomic mass is 10.2. The normalized spacial score (nSPS) is 15.8. The maximum absolute atomic E-state index is 5.45. The highest BCUT2D eigenvalue weighted by atomic mass is 16.5. The van der Waals surface area contributed by atoms with Gasteiger partial charge >= 0.3 is 0 Å². The maximum Gasteiger partial charge on any atom is 0.229 e. The molecule has 0 saturated carbocycles. The van der Waals surface area contributed by atoms with Gasteiger partial charge in [-0.3, -0.25) is 4.90 Å². The van der Waals surface area contributed by atoms with Gasteiger partial charge in [-0.2, -0.15) is 0 Å². The first-order chi connectivity index (χ1) is 15.5. The number of rotatable bonds is 8. The van der Waals surface area contributed by atoms with Crippen LogP contribution in [0, 0.1) is 0 Å². The second-order valence-corrected chi connectivity index (χ2v) is 8.41. The van der Waals surface area contributed by atoms with Gasteiger partial charge in [0.05, 0.1) is 11.8 Å². The van der Waals surface area contributed by atoms with Crippen molar-refractivity contribution in [3.05, 3.63) is 41.9 Å². The fraction of sp³-hybridized carbons (Fsp3) is 0.478. The van der Waals surface area contributed by atoms with Crippen LogP contribution >= 0.6 is 0 Å². The van der Waals surface area contributed by atoms with Crippen LogP contribution in [0.5, 0.6) is 0 Å². The van der Waals surface area contributed by atoms with Gasteiger partial charge in [-0.05, 0) is 38.5 Å². The van der Waals surface area contributed by atoms with E-state index < -0.39 is 0 Å². The molecule has 3 aromatic rings. The minimum atomic E-state index is -0.117. The minimum absolute atomic E-state index is 0.117. The summed E-state index contributed by atoms with van der Waals surface area (Å²) in [6, 6.07) is 6.27.